The fraction of sp³-hybridized carbons (Fsp3) is 0.882. The van der Waals surface area contributed by atoms with Crippen LogP contribution in [0.2, 0.25) is 0 Å². The largest absolute Gasteiger partial charge is 0.379 e. The summed E-state index contributed by atoms with van der Waals surface area (Å²) in [6.45, 7) is 7.13. The molecule has 0 aliphatic carbocycles. The van der Waals surface area contributed by atoms with E-state index in [9.17, 15) is 13.2 Å². The van der Waals surface area contributed by atoms with E-state index in [2.05, 4.69) is 20.5 Å². The Bertz CT molecular complexity index is 574. The zero-order chi connectivity index (χ0) is 20.3. The maximum Gasteiger partial charge on any atom is 0.243 e. The summed E-state index contributed by atoms with van der Waals surface area (Å²) in [5, 5.41) is 6.43. The van der Waals surface area contributed by atoms with Gasteiger partial charge < -0.3 is 20.3 Å². The van der Waals surface area contributed by atoms with Crippen molar-refractivity contribution in [3.05, 3.63) is 0 Å². The average Bonchev–Trinajstić information content (AvgIpc) is 2.61. The lowest BCUT2D eigenvalue weighted by Gasteiger charge is -2.26. The normalized spacial score (nSPS) is 17.4. The molecule has 0 aromatic rings. The van der Waals surface area contributed by atoms with Crippen LogP contribution in [0.3, 0.4) is 0 Å². The highest BCUT2D eigenvalue weighted by molar-refractivity contribution is 7.90. The van der Waals surface area contributed by atoms with E-state index in [0.717, 1.165) is 45.8 Å². The molecule has 1 heterocycles. The predicted molar refractivity (Wildman–Crippen MR) is 108 cm³/mol. The number of aliphatic imine (C=N–C) groups is 1. The number of morpholine rings is 1. The van der Waals surface area contributed by atoms with Gasteiger partial charge in [0.25, 0.3) is 0 Å². The SMILES string of the molecule is CC(CCS(C)(=O)=O)NC(=NCC(=O)N(C)C)NCCCN1CCOCC1. The lowest BCUT2D eigenvalue weighted by molar-refractivity contribution is -0.127. The molecule has 10 heteroatoms. The smallest absolute Gasteiger partial charge is 0.243 e. The predicted octanol–water partition coefficient (Wildman–Crippen LogP) is -0.845. The molecule has 1 aliphatic heterocycles. The van der Waals surface area contributed by atoms with Crippen LogP contribution in [-0.2, 0) is 19.4 Å². The Morgan fingerprint density at radius 2 is 1.96 bits per heavy atom. The van der Waals surface area contributed by atoms with Gasteiger partial charge in [-0.25, -0.2) is 13.4 Å². The third-order valence-corrected chi connectivity index (χ3v) is 5.20. The Balaban J connectivity index is 2.48. The first kappa shape index (κ1) is 23.6. The highest BCUT2D eigenvalue weighted by Crippen LogP contribution is 1.98. The van der Waals surface area contributed by atoms with Crippen LogP contribution in [-0.4, -0.2) is 108 Å². The van der Waals surface area contributed by atoms with Crippen molar-refractivity contribution in [3.8, 4) is 0 Å². The van der Waals surface area contributed by atoms with Gasteiger partial charge in [-0.3, -0.25) is 9.69 Å². The van der Waals surface area contributed by atoms with Crippen molar-refractivity contribution in [2.75, 3.05) is 72.0 Å². The maximum atomic E-state index is 11.8. The molecule has 158 valence electrons. The number of hydrogen-bond donors (Lipinski definition) is 2. The van der Waals surface area contributed by atoms with Gasteiger partial charge in [0, 0.05) is 46.0 Å². The quantitative estimate of drug-likeness (QED) is 0.277. The summed E-state index contributed by atoms with van der Waals surface area (Å²) >= 11 is 0. The van der Waals surface area contributed by atoms with Crippen LogP contribution in [0.1, 0.15) is 19.8 Å². The van der Waals surface area contributed by atoms with E-state index in [-0.39, 0.29) is 24.2 Å². The number of rotatable bonds is 10. The van der Waals surface area contributed by atoms with E-state index in [4.69, 9.17) is 4.74 Å². The molecule has 0 aromatic heterocycles. The van der Waals surface area contributed by atoms with Crippen molar-refractivity contribution < 1.29 is 17.9 Å². The van der Waals surface area contributed by atoms with E-state index in [1.165, 1.54) is 11.2 Å². The first-order chi connectivity index (χ1) is 12.7. The van der Waals surface area contributed by atoms with Crippen LogP contribution in [0.4, 0.5) is 0 Å². The minimum atomic E-state index is -3.00. The van der Waals surface area contributed by atoms with Gasteiger partial charge in [-0.05, 0) is 26.3 Å². The molecular weight excluding hydrogens is 370 g/mol. The zero-order valence-electron chi connectivity index (χ0n) is 17.0. The summed E-state index contributed by atoms with van der Waals surface area (Å²) in [7, 11) is 0.378. The third kappa shape index (κ3) is 11.8. The molecule has 0 bridgehead atoms. The molecule has 1 saturated heterocycles. The molecule has 0 aromatic carbocycles. The van der Waals surface area contributed by atoms with Crippen LogP contribution < -0.4 is 10.6 Å². The van der Waals surface area contributed by atoms with E-state index in [1.807, 2.05) is 6.92 Å². The Morgan fingerprint density at radius 1 is 1.30 bits per heavy atom. The van der Waals surface area contributed by atoms with Crippen molar-refractivity contribution in [1.29, 1.82) is 0 Å². The first-order valence-corrected chi connectivity index (χ1v) is 11.5. The van der Waals surface area contributed by atoms with Crippen molar-refractivity contribution in [2.24, 2.45) is 4.99 Å². The Labute approximate surface area is 163 Å². The molecular formula is C17H35N5O4S. The van der Waals surface area contributed by atoms with Crippen molar-refractivity contribution in [2.45, 2.75) is 25.8 Å². The summed E-state index contributed by atoms with van der Waals surface area (Å²) in [5.74, 6) is 0.559. The van der Waals surface area contributed by atoms with Gasteiger partial charge in [0.05, 0.1) is 19.0 Å². The monoisotopic (exact) mass is 405 g/mol. The van der Waals surface area contributed by atoms with E-state index in [1.54, 1.807) is 14.1 Å². The molecule has 1 rings (SSSR count). The Kier molecular flexibility index (Phi) is 10.6. The second kappa shape index (κ2) is 12.1. The Morgan fingerprint density at radius 3 is 2.56 bits per heavy atom. The average molecular weight is 406 g/mol. The molecule has 0 saturated carbocycles. The van der Waals surface area contributed by atoms with Gasteiger partial charge >= 0.3 is 0 Å². The van der Waals surface area contributed by atoms with Crippen molar-refractivity contribution in [3.63, 3.8) is 0 Å². The minimum absolute atomic E-state index is 0.0462. The molecule has 2 N–H and O–H groups in total. The Hall–Kier alpha value is -1.39. The summed E-state index contributed by atoms with van der Waals surface area (Å²) < 4.78 is 28.0. The molecule has 1 amide bonds. The third-order valence-electron chi connectivity index (χ3n) is 4.22. The number of likely N-dealkylation sites (N-methyl/N-ethyl adjacent to an activating group) is 1. The van der Waals surface area contributed by atoms with Crippen molar-refractivity contribution >= 4 is 21.7 Å². The number of hydrogen-bond acceptors (Lipinski definition) is 6. The summed E-state index contributed by atoms with van der Waals surface area (Å²) in [4.78, 5) is 20.0. The zero-order valence-corrected chi connectivity index (χ0v) is 17.8. The number of carbonyl (C=O) groups is 1. The van der Waals surface area contributed by atoms with Gasteiger partial charge in [0.1, 0.15) is 16.4 Å². The molecule has 1 atom stereocenters. The number of nitrogens with zero attached hydrogens (tertiary/aromatic N) is 3. The van der Waals surface area contributed by atoms with Crippen LogP contribution in [0.5, 0.6) is 0 Å². The van der Waals surface area contributed by atoms with Gasteiger partial charge in [-0.1, -0.05) is 0 Å². The molecule has 27 heavy (non-hydrogen) atoms. The molecule has 1 unspecified atom stereocenters. The molecule has 1 fully saturated rings. The lowest BCUT2D eigenvalue weighted by atomic mass is 10.2. The summed E-state index contributed by atoms with van der Waals surface area (Å²) in [5.41, 5.74) is 0. The van der Waals surface area contributed by atoms with E-state index < -0.39 is 9.84 Å². The number of ether oxygens (including phenoxy) is 1. The highest BCUT2D eigenvalue weighted by atomic mass is 32.2. The van der Waals surface area contributed by atoms with Gasteiger partial charge in [-0.15, -0.1) is 0 Å². The number of amides is 1. The number of guanidine groups is 1. The van der Waals surface area contributed by atoms with Crippen molar-refractivity contribution in [1.82, 2.24) is 20.4 Å². The molecule has 0 spiro atoms. The second-order valence-electron chi connectivity index (χ2n) is 7.15. The summed E-state index contributed by atoms with van der Waals surface area (Å²) in [6.07, 6.45) is 2.66. The first-order valence-electron chi connectivity index (χ1n) is 9.40. The topological polar surface area (TPSA) is 103 Å². The maximum absolute atomic E-state index is 11.8. The lowest BCUT2D eigenvalue weighted by Crippen LogP contribution is -2.44. The number of nitrogens with one attached hydrogen (secondary N) is 2. The van der Waals surface area contributed by atoms with Gasteiger partial charge in [0.15, 0.2) is 5.96 Å². The number of sulfone groups is 1. The summed E-state index contributed by atoms with van der Waals surface area (Å²) in [6, 6.07) is -0.0697. The standard InChI is InChI=1S/C17H35N5O4S/c1-15(6-13-27(4,24)25)20-17(19-14-16(23)21(2)3)18-7-5-8-22-9-11-26-12-10-22/h15H,5-14H2,1-4H3,(H2,18,19,20). The number of carbonyl (C=O) groups excluding carboxylic acids is 1. The molecule has 9 nitrogen and oxygen atoms in total. The van der Waals surface area contributed by atoms with Crippen LogP contribution >= 0.6 is 0 Å². The minimum Gasteiger partial charge on any atom is -0.379 e. The molecule has 0 radical (unpaired) electrons. The van der Waals surface area contributed by atoms with Crippen LogP contribution in [0.25, 0.3) is 0 Å². The molecule has 1 aliphatic rings. The van der Waals surface area contributed by atoms with Gasteiger partial charge in [0.2, 0.25) is 5.91 Å². The highest BCUT2D eigenvalue weighted by Gasteiger charge is 2.12. The second-order valence-corrected chi connectivity index (χ2v) is 9.41. The fourth-order valence-electron chi connectivity index (χ4n) is 2.47. The van der Waals surface area contributed by atoms with E-state index in [0.29, 0.717) is 12.4 Å². The van der Waals surface area contributed by atoms with Gasteiger partial charge in [-0.2, -0.15) is 0 Å². The van der Waals surface area contributed by atoms with E-state index >= 15 is 0 Å². The van der Waals surface area contributed by atoms with Crippen LogP contribution in [0, 0.1) is 0 Å². The fourth-order valence-corrected chi connectivity index (χ4v) is 3.25. The van der Waals surface area contributed by atoms with Crippen LogP contribution in [0.15, 0.2) is 4.99 Å².